The van der Waals surface area contributed by atoms with Gasteiger partial charge in [-0.2, -0.15) is 0 Å². The summed E-state index contributed by atoms with van der Waals surface area (Å²) < 4.78 is 0. The molecule has 0 spiro atoms. The summed E-state index contributed by atoms with van der Waals surface area (Å²) in [4.78, 5) is 25.2. The lowest BCUT2D eigenvalue weighted by Gasteiger charge is -2.24. The molecule has 0 radical (unpaired) electrons. The fraction of sp³-hybridized carbons (Fsp3) is 0.857. The minimum atomic E-state index is -0.808. The standard InChI is InChI=1S/C14H24N2O4/c1-13(2,20)6-7-15-12(19)16-8-10-4-3-5-14(10,9-16)11(17)18/h10,20H,3-9H2,1-2H3,(H,15,19)(H,17,18)/t10-,14+/m0/s1. The number of aliphatic carboxylic acids is 1. The molecule has 2 rings (SSSR count). The molecule has 2 fully saturated rings. The molecule has 1 saturated heterocycles. The highest BCUT2D eigenvalue weighted by Crippen LogP contribution is 2.48. The third-order valence-corrected chi connectivity index (χ3v) is 4.60. The number of likely N-dealkylation sites (tertiary alicyclic amines) is 1. The van der Waals surface area contributed by atoms with E-state index in [-0.39, 0.29) is 11.9 Å². The summed E-state index contributed by atoms with van der Waals surface area (Å²) in [5.74, 6) is -0.688. The predicted octanol–water partition coefficient (Wildman–Crippen LogP) is 1.04. The van der Waals surface area contributed by atoms with E-state index in [1.54, 1.807) is 18.7 Å². The van der Waals surface area contributed by atoms with E-state index in [9.17, 15) is 19.8 Å². The minimum absolute atomic E-state index is 0.0834. The summed E-state index contributed by atoms with van der Waals surface area (Å²) in [5, 5.41) is 21.8. The number of carboxylic acid groups (broad SMARTS) is 1. The van der Waals surface area contributed by atoms with Crippen molar-refractivity contribution in [1.29, 1.82) is 0 Å². The Morgan fingerprint density at radius 2 is 2.15 bits per heavy atom. The van der Waals surface area contributed by atoms with Gasteiger partial charge in [0.2, 0.25) is 0 Å². The smallest absolute Gasteiger partial charge is 0.317 e. The van der Waals surface area contributed by atoms with Gasteiger partial charge in [0.05, 0.1) is 11.0 Å². The van der Waals surface area contributed by atoms with E-state index in [0.717, 1.165) is 12.8 Å². The van der Waals surface area contributed by atoms with Crippen LogP contribution in [0.3, 0.4) is 0 Å². The summed E-state index contributed by atoms with van der Waals surface area (Å²) in [7, 11) is 0. The molecule has 0 aromatic rings. The van der Waals surface area contributed by atoms with Crippen molar-refractivity contribution in [2.24, 2.45) is 11.3 Å². The maximum Gasteiger partial charge on any atom is 0.317 e. The van der Waals surface area contributed by atoms with Gasteiger partial charge < -0.3 is 20.4 Å². The van der Waals surface area contributed by atoms with Crippen molar-refractivity contribution in [1.82, 2.24) is 10.2 Å². The number of fused-ring (bicyclic) bond motifs is 1. The van der Waals surface area contributed by atoms with Crippen LogP contribution in [0.1, 0.15) is 39.5 Å². The van der Waals surface area contributed by atoms with Crippen LogP contribution in [-0.4, -0.2) is 52.3 Å². The van der Waals surface area contributed by atoms with Gasteiger partial charge in [-0.15, -0.1) is 0 Å². The molecule has 1 heterocycles. The number of nitrogens with zero attached hydrogens (tertiary/aromatic N) is 1. The Kier molecular flexibility index (Phi) is 3.95. The van der Waals surface area contributed by atoms with Crippen molar-refractivity contribution in [3.8, 4) is 0 Å². The Labute approximate surface area is 119 Å². The van der Waals surface area contributed by atoms with Crippen molar-refractivity contribution in [2.75, 3.05) is 19.6 Å². The molecule has 2 amide bonds. The zero-order valence-electron chi connectivity index (χ0n) is 12.2. The van der Waals surface area contributed by atoms with Gasteiger partial charge >= 0.3 is 12.0 Å². The molecule has 1 saturated carbocycles. The molecule has 0 bridgehead atoms. The molecule has 2 aliphatic rings. The molecule has 0 aromatic carbocycles. The normalized spacial score (nSPS) is 29.4. The molecule has 0 unspecified atom stereocenters. The molecular weight excluding hydrogens is 260 g/mol. The van der Waals surface area contributed by atoms with Crippen LogP contribution in [0.5, 0.6) is 0 Å². The predicted molar refractivity (Wildman–Crippen MR) is 73.3 cm³/mol. The zero-order chi connectivity index (χ0) is 15.0. The summed E-state index contributed by atoms with van der Waals surface area (Å²) in [6.07, 6.45) is 2.96. The van der Waals surface area contributed by atoms with E-state index in [1.165, 1.54) is 0 Å². The van der Waals surface area contributed by atoms with E-state index < -0.39 is 17.0 Å². The lowest BCUT2D eigenvalue weighted by atomic mass is 9.81. The number of carbonyl (C=O) groups excluding carboxylic acids is 1. The van der Waals surface area contributed by atoms with Crippen LogP contribution < -0.4 is 5.32 Å². The third kappa shape index (κ3) is 2.90. The molecular formula is C14H24N2O4. The van der Waals surface area contributed by atoms with E-state index in [4.69, 9.17) is 0 Å². The van der Waals surface area contributed by atoms with Gasteiger partial charge in [0.25, 0.3) is 0 Å². The van der Waals surface area contributed by atoms with Gasteiger partial charge in [-0.3, -0.25) is 4.79 Å². The van der Waals surface area contributed by atoms with Crippen LogP contribution >= 0.6 is 0 Å². The van der Waals surface area contributed by atoms with Crippen LogP contribution in [0.25, 0.3) is 0 Å². The first kappa shape index (κ1) is 15.1. The molecule has 2 atom stereocenters. The Morgan fingerprint density at radius 1 is 1.45 bits per heavy atom. The summed E-state index contributed by atoms with van der Waals surface area (Å²) in [5.41, 5.74) is -1.54. The number of nitrogens with one attached hydrogen (secondary N) is 1. The number of aliphatic hydroxyl groups is 1. The van der Waals surface area contributed by atoms with E-state index in [2.05, 4.69) is 5.32 Å². The quantitative estimate of drug-likeness (QED) is 0.719. The first-order valence-corrected chi connectivity index (χ1v) is 7.23. The number of rotatable bonds is 4. The van der Waals surface area contributed by atoms with Gasteiger partial charge in [-0.25, -0.2) is 4.79 Å². The topological polar surface area (TPSA) is 89.9 Å². The number of carboxylic acids is 1. The summed E-state index contributed by atoms with van der Waals surface area (Å²) >= 11 is 0. The number of urea groups is 1. The second-order valence-corrected chi connectivity index (χ2v) is 6.73. The maximum atomic E-state index is 12.1. The SMILES string of the molecule is CC(C)(O)CCNC(=O)N1C[C@@H]2CCC[C@@]2(C(=O)O)C1. The van der Waals surface area contributed by atoms with Gasteiger partial charge in [-0.1, -0.05) is 6.42 Å². The lowest BCUT2D eigenvalue weighted by Crippen LogP contribution is -2.42. The third-order valence-electron chi connectivity index (χ3n) is 4.60. The zero-order valence-corrected chi connectivity index (χ0v) is 12.2. The van der Waals surface area contributed by atoms with Crippen LogP contribution in [0.2, 0.25) is 0 Å². The van der Waals surface area contributed by atoms with Crippen LogP contribution in [0, 0.1) is 11.3 Å². The van der Waals surface area contributed by atoms with E-state index in [1.807, 2.05) is 0 Å². The summed E-state index contributed by atoms with van der Waals surface area (Å²) in [6.45, 7) is 4.61. The Balaban J connectivity index is 1.89. The van der Waals surface area contributed by atoms with Crippen molar-refractivity contribution >= 4 is 12.0 Å². The maximum absolute atomic E-state index is 12.1. The van der Waals surface area contributed by atoms with Crippen LogP contribution in [0.4, 0.5) is 4.79 Å². The highest BCUT2D eigenvalue weighted by Gasteiger charge is 2.55. The molecule has 3 N–H and O–H groups in total. The van der Waals surface area contributed by atoms with E-state index >= 15 is 0 Å². The first-order valence-electron chi connectivity index (χ1n) is 7.23. The molecule has 1 aliphatic heterocycles. The Bertz CT molecular complexity index is 404. The van der Waals surface area contributed by atoms with Crippen molar-refractivity contribution < 1.29 is 19.8 Å². The monoisotopic (exact) mass is 284 g/mol. The number of hydrogen-bond acceptors (Lipinski definition) is 3. The average molecular weight is 284 g/mol. The second-order valence-electron chi connectivity index (χ2n) is 6.73. The van der Waals surface area contributed by atoms with Gasteiger partial charge in [0.1, 0.15) is 0 Å². The molecule has 1 aliphatic carbocycles. The first-order chi connectivity index (χ1) is 9.24. The lowest BCUT2D eigenvalue weighted by molar-refractivity contribution is -0.149. The van der Waals surface area contributed by atoms with Crippen molar-refractivity contribution in [2.45, 2.75) is 45.1 Å². The van der Waals surface area contributed by atoms with Crippen molar-refractivity contribution in [3.05, 3.63) is 0 Å². The highest BCUT2D eigenvalue weighted by atomic mass is 16.4. The largest absolute Gasteiger partial charge is 0.481 e. The Hall–Kier alpha value is -1.30. The van der Waals surface area contributed by atoms with Crippen LogP contribution in [-0.2, 0) is 4.79 Å². The number of hydrogen-bond donors (Lipinski definition) is 3. The van der Waals surface area contributed by atoms with E-state index in [0.29, 0.717) is 32.5 Å². The molecule has 6 heteroatoms. The van der Waals surface area contributed by atoms with Crippen LogP contribution in [0.15, 0.2) is 0 Å². The second kappa shape index (κ2) is 5.24. The molecule has 6 nitrogen and oxygen atoms in total. The number of carbonyl (C=O) groups is 2. The molecule has 114 valence electrons. The average Bonchev–Trinajstić information content (AvgIpc) is 2.83. The molecule has 0 aromatic heterocycles. The van der Waals surface area contributed by atoms with Crippen molar-refractivity contribution in [3.63, 3.8) is 0 Å². The number of amides is 2. The fourth-order valence-electron chi connectivity index (χ4n) is 3.38. The van der Waals surface area contributed by atoms with Gasteiger partial charge in [0.15, 0.2) is 0 Å². The molecule has 20 heavy (non-hydrogen) atoms. The summed E-state index contributed by atoms with van der Waals surface area (Å²) in [6, 6.07) is -0.218. The van der Waals surface area contributed by atoms with Gasteiger partial charge in [0, 0.05) is 19.6 Å². The van der Waals surface area contributed by atoms with Gasteiger partial charge in [-0.05, 0) is 39.0 Å². The highest BCUT2D eigenvalue weighted by molar-refractivity contribution is 5.80. The Morgan fingerprint density at radius 3 is 2.70 bits per heavy atom. The minimum Gasteiger partial charge on any atom is -0.481 e. The fourth-order valence-corrected chi connectivity index (χ4v) is 3.38.